The Labute approximate surface area is 171 Å². The Hall–Kier alpha value is -1.74. The van der Waals surface area contributed by atoms with Crippen LogP contribution in [0.1, 0.15) is 33.6 Å². The third-order valence-electron chi connectivity index (χ3n) is 3.91. The predicted molar refractivity (Wildman–Crippen MR) is 111 cm³/mol. The average Bonchev–Trinajstić information content (AvgIpc) is 2.58. The molecule has 2 amide bonds. The molecule has 1 aromatic rings. The van der Waals surface area contributed by atoms with E-state index < -0.39 is 29.5 Å². The quantitative estimate of drug-likeness (QED) is 0.442. The second-order valence-electron chi connectivity index (χ2n) is 7.07. The molecule has 164 valence electrons. The predicted octanol–water partition coefficient (Wildman–Crippen LogP) is 2.81. The maximum Gasteiger partial charge on any atom is 0.328 e. The molecule has 29 heavy (non-hydrogen) atoms. The van der Waals surface area contributed by atoms with Crippen LogP contribution < -0.4 is 10.6 Å². The summed E-state index contributed by atoms with van der Waals surface area (Å²) in [5.41, 5.74) is 0.363. The Bertz CT molecular complexity index is 853. The highest BCUT2D eigenvalue weighted by atomic mass is 32.2. The molecule has 11 heteroatoms. The fraction of sp³-hybridized carbons (Fsp3) is 0.556. The normalized spacial score (nSPS) is 14.8. The number of hydrogen-bond donors (Lipinski definition) is 3. The fourth-order valence-corrected chi connectivity index (χ4v) is 4.21. The summed E-state index contributed by atoms with van der Waals surface area (Å²) in [4.78, 5) is 34.5. The summed E-state index contributed by atoms with van der Waals surface area (Å²) in [6.07, 6.45) is 0.934. The lowest BCUT2D eigenvalue weighted by atomic mass is 9.99. The molecule has 0 bridgehead atoms. The van der Waals surface area contributed by atoms with Gasteiger partial charge in [-0.1, -0.05) is 13.8 Å². The molecule has 1 aromatic carbocycles. The SMILES string of the molecule is CCOP(=O)(O)CCC(=O)[C@H](CC(C)C)NC(=O)Nc1ccc(S(C)(=O)=O)cc1. The van der Waals surface area contributed by atoms with Gasteiger partial charge in [0.15, 0.2) is 15.6 Å². The number of sulfone groups is 1. The number of Topliss-reactive ketones (excluding diaryl/α,β-unsaturated/α-hetero) is 1. The number of carbonyl (C=O) groups is 2. The van der Waals surface area contributed by atoms with Crippen LogP contribution in [-0.4, -0.2) is 50.2 Å². The summed E-state index contributed by atoms with van der Waals surface area (Å²) < 4.78 is 39.5. The minimum absolute atomic E-state index is 0.0656. The largest absolute Gasteiger partial charge is 0.328 e. The van der Waals surface area contributed by atoms with E-state index in [4.69, 9.17) is 4.52 Å². The third kappa shape index (κ3) is 9.54. The maximum atomic E-state index is 12.5. The summed E-state index contributed by atoms with van der Waals surface area (Å²) in [7, 11) is -7.17. The highest BCUT2D eigenvalue weighted by molar-refractivity contribution is 7.90. The molecule has 0 aliphatic heterocycles. The molecule has 9 nitrogen and oxygen atoms in total. The fourth-order valence-electron chi connectivity index (χ4n) is 2.55. The van der Waals surface area contributed by atoms with Crippen molar-refractivity contribution in [2.45, 2.75) is 44.6 Å². The van der Waals surface area contributed by atoms with Crippen LogP contribution in [0.5, 0.6) is 0 Å². The minimum atomic E-state index is -3.83. The summed E-state index contributed by atoms with van der Waals surface area (Å²) in [6, 6.07) is 4.17. The topological polar surface area (TPSA) is 139 Å². The van der Waals surface area contributed by atoms with E-state index in [0.717, 1.165) is 6.26 Å². The van der Waals surface area contributed by atoms with E-state index in [2.05, 4.69) is 10.6 Å². The van der Waals surface area contributed by atoms with Crippen molar-refractivity contribution >= 4 is 34.9 Å². The first kappa shape index (κ1) is 25.3. The lowest BCUT2D eigenvalue weighted by molar-refractivity contribution is -0.120. The van der Waals surface area contributed by atoms with Crippen molar-refractivity contribution in [1.82, 2.24) is 5.32 Å². The number of carbonyl (C=O) groups excluding carboxylic acids is 2. The molecule has 2 atom stereocenters. The van der Waals surface area contributed by atoms with Gasteiger partial charge in [-0.3, -0.25) is 9.36 Å². The lowest BCUT2D eigenvalue weighted by Crippen LogP contribution is -2.44. The van der Waals surface area contributed by atoms with Gasteiger partial charge in [0.05, 0.1) is 23.7 Å². The van der Waals surface area contributed by atoms with Crippen molar-refractivity contribution in [1.29, 1.82) is 0 Å². The molecule has 0 aliphatic carbocycles. The lowest BCUT2D eigenvalue weighted by Gasteiger charge is -2.20. The number of nitrogens with one attached hydrogen (secondary N) is 2. The van der Waals surface area contributed by atoms with E-state index in [9.17, 15) is 27.5 Å². The average molecular weight is 448 g/mol. The number of benzene rings is 1. The van der Waals surface area contributed by atoms with Gasteiger partial charge >= 0.3 is 13.6 Å². The van der Waals surface area contributed by atoms with Gasteiger partial charge in [0.2, 0.25) is 0 Å². The number of urea groups is 1. The summed E-state index contributed by atoms with van der Waals surface area (Å²) in [6.45, 7) is 5.43. The first-order valence-corrected chi connectivity index (χ1v) is 12.9. The molecule has 0 fully saturated rings. The van der Waals surface area contributed by atoms with Gasteiger partial charge in [-0.05, 0) is 43.5 Å². The van der Waals surface area contributed by atoms with Crippen molar-refractivity contribution in [2.75, 3.05) is 24.3 Å². The standard InChI is InChI=1S/C18H29N2O7PS/c1-5-27-28(23,24)11-10-17(21)16(12-13(2)3)20-18(22)19-14-6-8-15(9-7-14)29(4,25)26/h6-9,13,16H,5,10-12H2,1-4H3,(H,23,24)(H2,19,20,22)/t16-/m0/s1. The van der Waals surface area contributed by atoms with E-state index >= 15 is 0 Å². The molecule has 0 radical (unpaired) electrons. The smallest absolute Gasteiger partial charge is 0.328 e. The van der Waals surface area contributed by atoms with Crippen LogP contribution in [-0.2, 0) is 23.7 Å². The van der Waals surface area contributed by atoms with Crippen LogP contribution in [0.25, 0.3) is 0 Å². The Morgan fingerprint density at radius 3 is 2.28 bits per heavy atom. The first-order chi connectivity index (χ1) is 13.3. The van der Waals surface area contributed by atoms with Crippen LogP contribution in [0.3, 0.4) is 0 Å². The number of anilines is 1. The summed E-state index contributed by atoms with van der Waals surface area (Å²) in [5.74, 6) is -0.263. The van der Waals surface area contributed by atoms with Crippen LogP contribution >= 0.6 is 7.60 Å². The van der Waals surface area contributed by atoms with Crippen LogP contribution in [0.15, 0.2) is 29.2 Å². The van der Waals surface area contributed by atoms with E-state index in [0.29, 0.717) is 12.1 Å². The zero-order chi connectivity index (χ0) is 22.2. The highest BCUT2D eigenvalue weighted by Crippen LogP contribution is 2.42. The third-order valence-corrected chi connectivity index (χ3v) is 6.49. The zero-order valence-corrected chi connectivity index (χ0v) is 18.8. The van der Waals surface area contributed by atoms with Crippen LogP contribution in [0, 0.1) is 5.92 Å². The van der Waals surface area contributed by atoms with Gasteiger partial charge in [-0.2, -0.15) is 0 Å². The van der Waals surface area contributed by atoms with Gasteiger partial charge in [0, 0.05) is 18.4 Å². The Balaban J connectivity index is 2.75. The maximum absolute atomic E-state index is 12.5. The van der Waals surface area contributed by atoms with Crippen molar-refractivity contribution in [2.24, 2.45) is 5.92 Å². The number of amides is 2. The number of rotatable bonds is 11. The van der Waals surface area contributed by atoms with Gasteiger partial charge in [0.1, 0.15) is 0 Å². The second-order valence-corrected chi connectivity index (χ2v) is 11.1. The Morgan fingerprint density at radius 2 is 1.79 bits per heavy atom. The monoisotopic (exact) mass is 448 g/mol. The molecule has 0 aliphatic rings. The molecule has 0 spiro atoms. The van der Waals surface area contributed by atoms with Crippen molar-refractivity contribution in [3.8, 4) is 0 Å². The number of ketones is 1. The molecule has 3 N–H and O–H groups in total. The van der Waals surface area contributed by atoms with Crippen molar-refractivity contribution < 1.29 is 32.0 Å². The van der Waals surface area contributed by atoms with Crippen LogP contribution in [0.4, 0.5) is 10.5 Å². The van der Waals surface area contributed by atoms with E-state index in [1.54, 1.807) is 6.92 Å². The molecule has 1 rings (SSSR count). The molecule has 0 saturated heterocycles. The first-order valence-electron chi connectivity index (χ1n) is 9.20. The minimum Gasteiger partial charge on any atom is -0.328 e. The number of hydrogen-bond acceptors (Lipinski definition) is 6. The molecule has 0 aromatic heterocycles. The van der Waals surface area contributed by atoms with E-state index in [1.165, 1.54) is 24.3 Å². The molecule has 0 saturated carbocycles. The van der Waals surface area contributed by atoms with E-state index in [-0.39, 0.29) is 35.8 Å². The molecule has 1 unspecified atom stereocenters. The Kier molecular flexibility index (Phi) is 9.48. The van der Waals surface area contributed by atoms with Gasteiger partial charge < -0.3 is 20.1 Å². The van der Waals surface area contributed by atoms with Crippen molar-refractivity contribution in [3.05, 3.63) is 24.3 Å². The second kappa shape index (κ2) is 10.9. The highest BCUT2D eigenvalue weighted by Gasteiger charge is 2.26. The van der Waals surface area contributed by atoms with Crippen molar-refractivity contribution in [3.63, 3.8) is 0 Å². The molecule has 0 heterocycles. The van der Waals surface area contributed by atoms with Gasteiger partial charge in [-0.15, -0.1) is 0 Å². The van der Waals surface area contributed by atoms with Crippen LogP contribution in [0.2, 0.25) is 0 Å². The summed E-state index contributed by atoms with van der Waals surface area (Å²) in [5, 5.41) is 5.13. The van der Waals surface area contributed by atoms with E-state index in [1.807, 2.05) is 13.8 Å². The molecular weight excluding hydrogens is 419 g/mol. The Morgan fingerprint density at radius 1 is 1.21 bits per heavy atom. The van der Waals surface area contributed by atoms with Gasteiger partial charge in [0.25, 0.3) is 0 Å². The molecular formula is C18H29N2O7PS. The zero-order valence-electron chi connectivity index (χ0n) is 17.0. The summed E-state index contributed by atoms with van der Waals surface area (Å²) >= 11 is 0. The van der Waals surface area contributed by atoms with Gasteiger partial charge in [-0.25, -0.2) is 13.2 Å².